The molecule has 45 heavy (non-hydrogen) atoms. The van der Waals surface area contributed by atoms with E-state index in [9.17, 15) is 37.1 Å². The molecule has 3 aromatic rings. The predicted molar refractivity (Wildman–Crippen MR) is 152 cm³/mol. The van der Waals surface area contributed by atoms with E-state index in [0.717, 1.165) is 24.4 Å². The quantitative estimate of drug-likeness (QED) is 0.184. The van der Waals surface area contributed by atoms with Gasteiger partial charge in [0.05, 0.1) is 32.6 Å². The van der Waals surface area contributed by atoms with E-state index in [2.05, 4.69) is 15.8 Å². The maximum absolute atomic E-state index is 13.1. The summed E-state index contributed by atoms with van der Waals surface area (Å²) in [5.74, 6) is -4.40. The van der Waals surface area contributed by atoms with Crippen LogP contribution in [0.15, 0.2) is 65.8 Å². The van der Waals surface area contributed by atoms with Crippen molar-refractivity contribution in [2.45, 2.75) is 6.18 Å². The highest BCUT2D eigenvalue weighted by atomic mass is 19.4. The van der Waals surface area contributed by atoms with Gasteiger partial charge in [0.25, 0.3) is 17.7 Å². The van der Waals surface area contributed by atoms with Crippen molar-refractivity contribution in [3.05, 3.63) is 77.4 Å². The Labute approximate surface area is 252 Å². The molecule has 0 bridgehead atoms. The highest BCUT2D eigenvalue weighted by Gasteiger charge is 2.41. The van der Waals surface area contributed by atoms with E-state index >= 15 is 0 Å². The monoisotopic (exact) mass is 627 g/mol. The summed E-state index contributed by atoms with van der Waals surface area (Å²) in [6, 6.07) is 10.7. The molecule has 1 saturated heterocycles. The molecule has 0 unspecified atom stereocenters. The Morgan fingerprint density at radius 1 is 0.889 bits per heavy atom. The number of carbonyl (C=O) groups excluding carboxylic acids is 5. The summed E-state index contributed by atoms with van der Waals surface area (Å²) >= 11 is 0. The minimum atomic E-state index is -4.74. The lowest BCUT2D eigenvalue weighted by molar-refractivity contribution is -0.138. The Hall–Kier alpha value is -5.93. The van der Waals surface area contributed by atoms with Gasteiger partial charge in [-0.3, -0.25) is 24.5 Å². The number of urea groups is 1. The lowest BCUT2D eigenvalue weighted by atomic mass is 10.1. The molecule has 0 spiro atoms. The molecule has 3 aromatic carbocycles. The summed E-state index contributed by atoms with van der Waals surface area (Å²) in [6.07, 6.45) is -4.00. The molecule has 13 nitrogen and oxygen atoms in total. The number of imide groups is 2. The summed E-state index contributed by atoms with van der Waals surface area (Å²) < 4.78 is 55.1. The Morgan fingerprint density at radius 3 is 2.11 bits per heavy atom. The lowest BCUT2D eigenvalue weighted by Crippen LogP contribution is -2.58. The van der Waals surface area contributed by atoms with Crippen molar-refractivity contribution in [3.8, 4) is 17.2 Å². The van der Waals surface area contributed by atoms with Crippen LogP contribution < -0.4 is 35.2 Å². The van der Waals surface area contributed by atoms with Crippen LogP contribution in [0.2, 0.25) is 0 Å². The first-order valence-corrected chi connectivity index (χ1v) is 12.8. The highest BCUT2D eigenvalue weighted by molar-refractivity contribution is 6.32. The molecule has 6 amide bonds. The molecule has 1 fully saturated rings. The summed E-state index contributed by atoms with van der Waals surface area (Å²) in [4.78, 5) is 63.2. The van der Waals surface area contributed by atoms with Gasteiger partial charge in [0.1, 0.15) is 0 Å². The van der Waals surface area contributed by atoms with Crippen LogP contribution in [0.3, 0.4) is 0 Å². The smallest absolute Gasteiger partial charge is 0.416 e. The summed E-state index contributed by atoms with van der Waals surface area (Å²) in [5.41, 5.74) is 1.21. The third kappa shape index (κ3) is 7.01. The molecule has 234 valence electrons. The molecule has 0 saturated carbocycles. The van der Waals surface area contributed by atoms with Crippen molar-refractivity contribution >= 4 is 47.2 Å². The first-order chi connectivity index (χ1) is 21.4. The van der Waals surface area contributed by atoms with Crippen LogP contribution in [-0.2, 0) is 15.8 Å². The van der Waals surface area contributed by atoms with Gasteiger partial charge in [-0.05, 0) is 54.6 Å². The van der Waals surface area contributed by atoms with Crippen molar-refractivity contribution in [3.63, 3.8) is 0 Å². The zero-order valence-electron chi connectivity index (χ0n) is 23.7. The van der Waals surface area contributed by atoms with Gasteiger partial charge in [0.2, 0.25) is 11.7 Å². The number of amides is 6. The number of rotatable bonds is 9. The van der Waals surface area contributed by atoms with Gasteiger partial charge in [0.15, 0.2) is 17.4 Å². The maximum atomic E-state index is 13.1. The van der Waals surface area contributed by atoms with E-state index in [1.165, 1.54) is 57.7 Å². The summed E-state index contributed by atoms with van der Waals surface area (Å²) in [5, 5.41) is 8.15. The maximum Gasteiger partial charge on any atom is 0.416 e. The number of methoxy groups -OCH3 is 3. The zero-order valence-corrected chi connectivity index (χ0v) is 23.7. The number of halogens is 3. The Morgan fingerprint density at radius 2 is 1.53 bits per heavy atom. The molecular weight excluding hydrogens is 603 g/mol. The summed E-state index contributed by atoms with van der Waals surface area (Å²) in [6.45, 7) is 0. The van der Waals surface area contributed by atoms with Crippen LogP contribution in [0.5, 0.6) is 17.2 Å². The third-order valence-electron chi connectivity index (χ3n) is 6.36. The van der Waals surface area contributed by atoms with Crippen LogP contribution in [0.25, 0.3) is 0 Å². The lowest BCUT2D eigenvalue weighted by Gasteiger charge is -2.28. The molecule has 1 heterocycles. The number of nitrogens with one attached hydrogen (secondary N) is 3. The van der Waals surface area contributed by atoms with E-state index < -0.39 is 53.0 Å². The van der Waals surface area contributed by atoms with Crippen molar-refractivity contribution in [1.29, 1.82) is 0 Å². The predicted octanol–water partition coefficient (Wildman–Crippen LogP) is 3.60. The van der Waals surface area contributed by atoms with E-state index in [4.69, 9.17) is 14.2 Å². The number of hydrazone groups is 1. The number of barbiturate groups is 1. The number of alkyl halides is 3. The fourth-order valence-corrected chi connectivity index (χ4v) is 4.14. The van der Waals surface area contributed by atoms with Crippen LogP contribution in [0.1, 0.15) is 26.3 Å². The number of carbonyl (C=O) groups is 5. The normalized spacial score (nSPS) is 15.0. The summed E-state index contributed by atoms with van der Waals surface area (Å²) in [7, 11) is 4.24. The molecule has 1 aliphatic rings. The number of ether oxygens (including phenoxy) is 3. The van der Waals surface area contributed by atoms with Gasteiger partial charge in [-0.2, -0.15) is 18.3 Å². The molecule has 1 atom stereocenters. The van der Waals surface area contributed by atoms with E-state index in [0.29, 0.717) is 22.4 Å². The number of hydrogen-bond acceptors (Lipinski definition) is 9. The van der Waals surface area contributed by atoms with Gasteiger partial charge < -0.3 is 19.5 Å². The zero-order chi connectivity index (χ0) is 32.9. The second-order valence-electron chi connectivity index (χ2n) is 9.16. The average Bonchev–Trinajstić information content (AvgIpc) is 3.01. The van der Waals surface area contributed by atoms with E-state index in [1.807, 2.05) is 5.32 Å². The second-order valence-corrected chi connectivity index (χ2v) is 9.16. The van der Waals surface area contributed by atoms with Crippen molar-refractivity contribution < 1.29 is 51.4 Å². The van der Waals surface area contributed by atoms with Gasteiger partial charge in [-0.15, -0.1) is 0 Å². The molecule has 1 aliphatic heterocycles. The SMILES string of the molecule is COc1cc(C(=O)Nc2ccc(C(=O)N/N=C\[C@H]3C(=O)NC(=O)N(c4cccc(C(F)(F)F)c4)C3=O)cc2)cc(OC)c1OC. The molecule has 3 N–H and O–H groups in total. The van der Waals surface area contributed by atoms with Crippen molar-refractivity contribution in [1.82, 2.24) is 10.7 Å². The second kappa shape index (κ2) is 13.2. The largest absolute Gasteiger partial charge is 0.493 e. The van der Waals surface area contributed by atoms with E-state index in [1.54, 1.807) is 0 Å². The fraction of sp³-hybridized carbons (Fsp3) is 0.172. The third-order valence-corrected chi connectivity index (χ3v) is 6.36. The minimum Gasteiger partial charge on any atom is -0.493 e. The van der Waals surface area contributed by atoms with Gasteiger partial charge in [0, 0.05) is 23.0 Å². The Bertz CT molecular complexity index is 1670. The number of benzene rings is 3. The minimum absolute atomic E-state index is 0.0816. The first-order valence-electron chi connectivity index (χ1n) is 12.8. The molecule has 0 radical (unpaired) electrons. The number of nitrogens with zero attached hydrogens (tertiary/aromatic N) is 2. The number of hydrogen-bond donors (Lipinski definition) is 3. The first kappa shape index (κ1) is 32.0. The van der Waals surface area contributed by atoms with Crippen LogP contribution >= 0.6 is 0 Å². The number of anilines is 2. The molecule has 0 aliphatic carbocycles. The van der Waals surface area contributed by atoms with Crippen LogP contribution in [-0.4, -0.2) is 57.2 Å². The van der Waals surface area contributed by atoms with Gasteiger partial charge >= 0.3 is 12.2 Å². The van der Waals surface area contributed by atoms with Crippen LogP contribution in [0, 0.1) is 5.92 Å². The highest BCUT2D eigenvalue weighted by Crippen LogP contribution is 2.38. The molecule has 4 rings (SSSR count). The Balaban J connectivity index is 1.41. The standard InChI is InChI=1S/C29H24F3N5O8/c1-43-21-11-16(12-22(44-2)23(21)45-3)24(38)34-18-9-7-15(8-10-18)25(39)36-33-14-20-26(40)35-28(42)37(27(20)41)19-6-4-5-17(13-19)29(30,31)32/h4-14,20H,1-3H3,(H,34,38)(H,36,39)(H,35,40,42)/b33-14-/t20-/m0/s1. The van der Waals surface area contributed by atoms with E-state index in [-0.39, 0.29) is 22.6 Å². The Kier molecular flexibility index (Phi) is 9.35. The average molecular weight is 628 g/mol. The fourth-order valence-electron chi connectivity index (χ4n) is 4.14. The van der Waals surface area contributed by atoms with Crippen molar-refractivity contribution in [2.24, 2.45) is 11.0 Å². The molecule has 16 heteroatoms. The topological polar surface area (TPSA) is 165 Å². The van der Waals surface area contributed by atoms with Gasteiger partial charge in [-0.25, -0.2) is 15.1 Å². The van der Waals surface area contributed by atoms with Gasteiger partial charge in [-0.1, -0.05) is 6.07 Å². The van der Waals surface area contributed by atoms with Crippen molar-refractivity contribution in [2.75, 3.05) is 31.5 Å². The van der Waals surface area contributed by atoms with Crippen LogP contribution in [0.4, 0.5) is 29.3 Å². The molecule has 0 aromatic heterocycles. The molecular formula is C29H24F3N5O8.